The number of carboxylic acid groups (broad SMARTS) is 1. The lowest BCUT2D eigenvalue weighted by molar-refractivity contribution is -0.157. The minimum Gasteiger partial charge on any atom is -0.481 e. The van der Waals surface area contributed by atoms with Gasteiger partial charge in [0.2, 0.25) is 5.91 Å². The summed E-state index contributed by atoms with van der Waals surface area (Å²) in [6, 6.07) is -0.805. The Hall–Kier alpha value is -2.43. The zero-order valence-corrected chi connectivity index (χ0v) is 21.3. The molecule has 2 fully saturated rings. The number of nitrogens with zero attached hydrogens (tertiary/aromatic N) is 5. The molecule has 2 amide bonds. The quantitative estimate of drug-likeness (QED) is 0.178. The molecule has 4 N–H and O–H groups in total. The van der Waals surface area contributed by atoms with Gasteiger partial charge in [-0.1, -0.05) is 28.3 Å². The summed E-state index contributed by atoms with van der Waals surface area (Å²) in [5, 5.41) is 25.7. The van der Waals surface area contributed by atoms with Crippen molar-refractivity contribution in [1.29, 1.82) is 0 Å². The number of nitrogens with one attached hydrogen (secondary N) is 1. The molecule has 2 unspecified atom stereocenters. The van der Waals surface area contributed by atoms with Crippen molar-refractivity contribution >= 4 is 74.8 Å². The molecule has 2 aliphatic rings. The number of aromatic nitrogens is 3. The van der Waals surface area contributed by atoms with Gasteiger partial charge in [-0.2, -0.15) is 0 Å². The first-order valence-corrected chi connectivity index (χ1v) is 13.8. The van der Waals surface area contributed by atoms with E-state index in [9.17, 15) is 19.5 Å². The van der Waals surface area contributed by atoms with Gasteiger partial charge in [-0.15, -0.1) is 33.3 Å². The number of anilines is 1. The highest BCUT2D eigenvalue weighted by Gasteiger charge is 2.57. The van der Waals surface area contributed by atoms with E-state index in [2.05, 4.69) is 25.7 Å². The molecule has 3 atom stereocenters. The summed E-state index contributed by atoms with van der Waals surface area (Å²) < 4.78 is 0.672. The largest absolute Gasteiger partial charge is 0.481 e. The molecule has 182 valence electrons. The van der Waals surface area contributed by atoms with Crippen LogP contribution < -0.4 is 11.1 Å². The van der Waals surface area contributed by atoms with Gasteiger partial charge in [0.05, 0.1) is 0 Å². The Bertz CT molecular complexity index is 1110. The lowest BCUT2D eigenvalue weighted by atomic mass is 9.89. The van der Waals surface area contributed by atoms with Gasteiger partial charge in [0.15, 0.2) is 15.2 Å². The minimum absolute atomic E-state index is 0.0526. The highest BCUT2D eigenvalue weighted by Crippen LogP contribution is 2.44. The Morgan fingerprint density at radius 3 is 2.88 bits per heavy atom. The predicted molar refractivity (Wildman–Crippen MR) is 130 cm³/mol. The van der Waals surface area contributed by atoms with Gasteiger partial charge in [-0.25, -0.2) is 4.98 Å². The normalized spacial score (nSPS) is 24.5. The summed E-state index contributed by atoms with van der Waals surface area (Å²) in [6.45, 7) is 3.58. The average Bonchev–Trinajstić information content (AvgIpc) is 3.47. The number of β-lactam (4-membered cyclic amide) rings is 1. The van der Waals surface area contributed by atoms with Crippen molar-refractivity contribution in [2.24, 2.45) is 10.6 Å². The van der Waals surface area contributed by atoms with E-state index < -0.39 is 23.3 Å². The van der Waals surface area contributed by atoms with Crippen molar-refractivity contribution in [2.75, 3.05) is 23.8 Å². The predicted octanol–water partition coefficient (Wildman–Crippen LogP) is 0.969. The average molecular weight is 544 g/mol. The van der Waals surface area contributed by atoms with Crippen molar-refractivity contribution in [3.05, 3.63) is 16.6 Å². The molecular formula is C18H21N7O5S4. The van der Waals surface area contributed by atoms with E-state index in [4.69, 9.17) is 10.6 Å². The number of carbonyl (C=O) groups excluding carboxylic acids is 2. The maximum atomic E-state index is 13.0. The van der Waals surface area contributed by atoms with Gasteiger partial charge in [0.1, 0.15) is 34.1 Å². The van der Waals surface area contributed by atoms with Crippen LogP contribution in [0.5, 0.6) is 0 Å². The zero-order valence-electron chi connectivity index (χ0n) is 18.0. The molecule has 12 nitrogen and oxygen atoms in total. The number of carboxylic acids is 1. The second kappa shape index (κ2) is 10.1. The van der Waals surface area contributed by atoms with Crippen LogP contribution in [0.4, 0.5) is 5.13 Å². The number of nitrogen functional groups attached to an aromatic ring is 1. The van der Waals surface area contributed by atoms with E-state index in [0.29, 0.717) is 4.34 Å². The summed E-state index contributed by atoms with van der Waals surface area (Å²) in [7, 11) is 0. The van der Waals surface area contributed by atoms with Crippen LogP contribution >= 0.6 is 46.2 Å². The first-order chi connectivity index (χ1) is 16.2. The fourth-order valence-electron chi connectivity index (χ4n) is 3.30. The van der Waals surface area contributed by atoms with E-state index in [1.165, 1.54) is 39.8 Å². The van der Waals surface area contributed by atoms with Crippen LogP contribution in [-0.4, -0.2) is 84.3 Å². The summed E-state index contributed by atoms with van der Waals surface area (Å²) in [4.78, 5) is 48.8. The lowest BCUT2D eigenvalue weighted by Crippen LogP contribution is -2.74. The minimum atomic E-state index is -1.13. The van der Waals surface area contributed by atoms with E-state index in [1.807, 2.05) is 0 Å². The van der Waals surface area contributed by atoms with Crippen LogP contribution in [0.25, 0.3) is 0 Å². The molecule has 0 saturated carbocycles. The van der Waals surface area contributed by atoms with E-state index >= 15 is 0 Å². The number of fused-ring (bicyclic) bond motifs is 1. The number of hydrogen-bond donors (Lipinski definition) is 3. The van der Waals surface area contributed by atoms with Crippen molar-refractivity contribution in [1.82, 2.24) is 25.4 Å². The topological polar surface area (TPSA) is 173 Å². The number of nitrogens with two attached hydrogens (primary N) is 1. The molecule has 2 aliphatic heterocycles. The van der Waals surface area contributed by atoms with Crippen molar-refractivity contribution in [3.8, 4) is 0 Å². The van der Waals surface area contributed by atoms with E-state index in [1.54, 1.807) is 24.7 Å². The molecule has 2 aromatic rings. The van der Waals surface area contributed by atoms with Gasteiger partial charge in [0, 0.05) is 23.4 Å². The van der Waals surface area contributed by atoms with Crippen molar-refractivity contribution < 1.29 is 24.3 Å². The third-order valence-electron chi connectivity index (χ3n) is 5.03. The summed E-state index contributed by atoms with van der Waals surface area (Å²) in [5.74, 6) is -1.40. The molecule has 0 aliphatic carbocycles. The number of oxime groups is 1. The Balaban J connectivity index is 1.43. The monoisotopic (exact) mass is 543 g/mol. The lowest BCUT2D eigenvalue weighted by Gasteiger charge is -2.53. The smallest absolute Gasteiger partial charge is 0.313 e. The second-order valence-electron chi connectivity index (χ2n) is 7.86. The number of rotatable bonds is 9. The fraction of sp³-hybridized carbons (Fsp3) is 0.500. The number of thioether (sulfide) groups is 2. The SMILES string of the molecule is CC(C)ON=C(C(=O)NC1C(=O)N2CC(CSc3nncs3)(C(=O)O)CS[C@H]12)c1csc(N)n1. The van der Waals surface area contributed by atoms with Gasteiger partial charge in [-0.3, -0.25) is 14.4 Å². The summed E-state index contributed by atoms with van der Waals surface area (Å²) in [5.41, 5.74) is 6.31. The Morgan fingerprint density at radius 2 is 2.26 bits per heavy atom. The molecule has 2 aromatic heterocycles. The summed E-state index contributed by atoms with van der Waals surface area (Å²) in [6.07, 6.45) is -0.268. The van der Waals surface area contributed by atoms with E-state index in [-0.39, 0.29) is 52.0 Å². The van der Waals surface area contributed by atoms with Crippen molar-refractivity contribution in [2.45, 2.75) is 35.7 Å². The maximum absolute atomic E-state index is 13.0. The third-order valence-corrected chi connectivity index (χ3v) is 9.44. The van der Waals surface area contributed by atoms with Crippen LogP contribution in [0.1, 0.15) is 19.5 Å². The standard InChI is InChI=1S/C18H21N7O5S4/c1-8(2)30-24-10(9-3-31-16(19)21-9)12(26)22-11-13(27)25-4-18(15(28)29,5-32-14(11)25)6-33-17-23-20-7-34-17/h3,7-8,11,14H,4-6H2,1-2H3,(H2,19,21)(H,22,26)(H,28,29)/t11?,14-,18?/m1/s1. The molecule has 16 heteroatoms. The first-order valence-electron chi connectivity index (χ1n) is 10.0. The first kappa shape index (κ1) is 24.7. The molecule has 0 bridgehead atoms. The molecule has 0 spiro atoms. The van der Waals surface area contributed by atoms with Gasteiger partial charge in [-0.05, 0) is 13.8 Å². The van der Waals surface area contributed by atoms with Gasteiger partial charge in [0.25, 0.3) is 5.91 Å². The number of aliphatic carboxylic acids is 1. The van der Waals surface area contributed by atoms with Gasteiger partial charge < -0.3 is 25.9 Å². The van der Waals surface area contributed by atoms with E-state index in [0.717, 1.165) is 11.3 Å². The zero-order chi connectivity index (χ0) is 24.5. The molecule has 2 saturated heterocycles. The molecular weight excluding hydrogens is 523 g/mol. The number of carbonyl (C=O) groups is 3. The highest BCUT2D eigenvalue weighted by molar-refractivity contribution is 8.01. The van der Waals surface area contributed by atoms with Gasteiger partial charge >= 0.3 is 5.97 Å². The highest BCUT2D eigenvalue weighted by atomic mass is 32.2. The maximum Gasteiger partial charge on any atom is 0.313 e. The molecule has 0 radical (unpaired) electrons. The Morgan fingerprint density at radius 1 is 1.47 bits per heavy atom. The second-order valence-corrected chi connectivity index (χ2v) is 11.9. The van der Waals surface area contributed by atoms with Crippen LogP contribution in [0.3, 0.4) is 0 Å². The van der Waals surface area contributed by atoms with Crippen LogP contribution in [0.15, 0.2) is 20.4 Å². The fourth-order valence-corrected chi connectivity index (χ4v) is 7.20. The van der Waals surface area contributed by atoms with Crippen LogP contribution in [-0.2, 0) is 19.2 Å². The summed E-state index contributed by atoms with van der Waals surface area (Å²) >= 11 is 5.12. The number of thiazole rings is 1. The van der Waals surface area contributed by atoms with Crippen LogP contribution in [0.2, 0.25) is 0 Å². The Labute approximate surface area is 210 Å². The van der Waals surface area contributed by atoms with Crippen molar-refractivity contribution in [3.63, 3.8) is 0 Å². The molecule has 0 aromatic carbocycles. The molecule has 4 rings (SSSR count). The Kier molecular flexibility index (Phi) is 7.30. The molecule has 4 heterocycles. The van der Waals surface area contributed by atoms with Crippen LogP contribution in [0, 0.1) is 5.41 Å². The molecule has 34 heavy (non-hydrogen) atoms. The number of amides is 2. The number of hydrogen-bond acceptors (Lipinski definition) is 13. The third kappa shape index (κ3) is 4.99.